The van der Waals surface area contributed by atoms with Crippen molar-refractivity contribution >= 4 is 15.7 Å². The lowest BCUT2D eigenvalue weighted by Crippen LogP contribution is -2.08. The zero-order chi connectivity index (χ0) is 14.8. The van der Waals surface area contributed by atoms with E-state index in [0.29, 0.717) is 5.82 Å². The predicted molar refractivity (Wildman–Crippen MR) is 75.8 cm³/mol. The van der Waals surface area contributed by atoms with Crippen LogP contribution < -0.4 is 5.32 Å². The van der Waals surface area contributed by atoms with E-state index < -0.39 is 15.8 Å². The number of benzene rings is 1. The molecule has 0 saturated carbocycles. The van der Waals surface area contributed by atoms with Gasteiger partial charge in [0.25, 0.3) is 0 Å². The van der Waals surface area contributed by atoms with Gasteiger partial charge in [-0.2, -0.15) is 4.39 Å². The van der Waals surface area contributed by atoms with Crippen LogP contribution in [-0.2, 0) is 9.84 Å². The Balaban J connectivity index is 2.15. The number of rotatable bonds is 4. The van der Waals surface area contributed by atoms with Gasteiger partial charge in [-0.25, -0.2) is 13.4 Å². The van der Waals surface area contributed by atoms with Gasteiger partial charge >= 0.3 is 0 Å². The van der Waals surface area contributed by atoms with Crippen molar-refractivity contribution in [2.45, 2.75) is 17.9 Å². The molecule has 2 rings (SSSR count). The number of nitrogens with zero attached hydrogens (tertiary/aromatic N) is 1. The molecule has 1 N–H and O–H groups in total. The van der Waals surface area contributed by atoms with Crippen LogP contribution >= 0.6 is 0 Å². The van der Waals surface area contributed by atoms with E-state index in [-0.39, 0.29) is 10.9 Å². The third kappa shape index (κ3) is 3.54. The van der Waals surface area contributed by atoms with Crippen molar-refractivity contribution < 1.29 is 12.8 Å². The van der Waals surface area contributed by atoms with E-state index >= 15 is 0 Å². The summed E-state index contributed by atoms with van der Waals surface area (Å²) >= 11 is 0. The van der Waals surface area contributed by atoms with Crippen LogP contribution in [0.1, 0.15) is 18.5 Å². The Morgan fingerprint density at radius 1 is 1.15 bits per heavy atom. The first kappa shape index (κ1) is 14.5. The summed E-state index contributed by atoms with van der Waals surface area (Å²) in [4.78, 5) is 4.00. The third-order valence-corrected chi connectivity index (χ3v) is 4.02. The second-order valence-electron chi connectivity index (χ2n) is 4.55. The van der Waals surface area contributed by atoms with Gasteiger partial charge in [-0.1, -0.05) is 18.2 Å². The van der Waals surface area contributed by atoms with E-state index in [4.69, 9.17) is 0 Å². The number of pyridine rings is 1. The van der Waals surface area contributed by atoms with Crippen LogP contribution in [0.2, 0.25) is 0 Å². The van der Waals surface area contributed by atoms with Crippen LogP contribution in [0.4, 0.5) is 10.2 Å². The summed E-state index contributed by atoms with van der Waals surface area (Å²) in [6, 6.07) is 11.0. The molecular weight excluding hydrogens is 279 g/mol. The molecule has 1 aromatic carbocycles. The molecule has 106 valence electrons. The van der Waals surface area contributed by atoms with E-state index in [1.54, 1.807) is 36.4 Å². The highest BCUT2D eigenvalue weighted by molar-refractivity contribution is 7.90. The Hall–Kier alpha value is -1.95. The first-order valence-electron chi connectivity index (χ1n) is 6.05. The molecule has 0 saturated heterocycles. The fourth-order valence-corrected chi connectivity index (χ4v) is 2.43. The maximum Gasteiger partial charge on any atom is 0.214 e. The average molecular weight is 294 g/mol. The first-order valence-corrected chi connectivity index (χ1v) is 7.94. The maximum atomic E-state index is 13.0. The largest absolute Gasteiger partial charge is 0.363 e. The van der Waals surface area contributed by atoms with Crippen molar-refractivity contribution in [1.82, 2.24) is 4.98 Å². The molecule has 0 fully saturated rings. The minimum absolute atomic E-state index is 0.113. The SMILES string of the molecule is CC(Nc1cccc(F)n1)c1ccc(S(C)(=O)=O)cc1. The van der Waals surface area contributed by atoms with Crippen LogP contribution in [-0.4, -0.2) is 19.7 Å². The fourth-order valence-electron chi connectivity index (χ4n) is 1.80. The predicted octanol–water partition coefficient (Wildman–Crippen LogP) is 2.80. The highest BCUT2D eigenvalue weighted by Crippen LogP contribution is 2.19. The van der Waals surface area contributed by atoms with Crippen molar-refractivity contribution in [2.24, 2.45) is 0 Å². The highest BCUT2D eigenvalue weighted by Gasteiger charge is 2.10. The molecule has 1 atom stereocenters. The number of sulfone groups is 1. The molecule has 0 aliphatic carbocycles. The van der Waals surface area contributed by atoms with Crippen LogP contribution in [0.5, 0.6) is 0 Å². The van der Waals surface area contributed by atoms with E-state index in [1.165, 1.54) is 12.3 Å². The second kappa shape index (κ2) is 5.58. The van der Waals surface area contributed by atoms with Crippen molar-refractivity contribution in [3.8, 4) is 0 Å². The maximum absolute atomic E-state index is 13.0. The number of anilines is 1. The van der Waals surface area contributed by atoms with Crippen LogP contribution in [0.15, 0.2) is 47.4 Å². The quantitative estimate of drug-likeness (QED) is 0.881. The average Bonchev–Trinajstić information content (AvgIpc) is 2.38. The van der Waals surface area contributed by atoms with Crippen LogP contribution in [0.25, 0.3) is 0 Å². The number of aromatic nitrogens is 1. The highest BCUT2D eigenvalue weighted by atomic mass is 32.2. The lowest BCUT2D eigenvalue weighted by molar-refractivity contribution is 0.584. The minimum Gasteiger partial charge on any atom is -0.363 e. The molecule has 6 heteroatoms. The van der Waals surface area contributed by atoms with Gasteiger partial charge in [0.05, 0.1) is 4.90 Å². The molecule has 2 aromatic rings. The molecule has 1 aromatic heterocycles. The van der Waals surface area contributed by atoms with Gasteiger partial charge in [0, 0.05) is 12.3 Å². The minimum atomic E-state index is -3.19. The van der Waals surface area contributed by atoms with Gasteiger partial charge in [-0.15, -0.1) is 0 Å². The molecule has 1 unspecified atom stereocenters. The van der Waals surface area contributed by atoms with Crippen molar-refractivity contribution in [2.75, 3.05) is 11.6 Å². The van der Waals surface area contributed by atoms with Crippen molar-refractivity contribution in [3.63, 3.8) is 0 Å². The van der Waals surface area contributed by atoms with E-state index in [1.807, 2.05) is 6.92 Å². The van der Waals surface area contributed by atoms with Crippen molar-refractivity contribution in [1.29, 1.82) is 0 Å². The monoisotopic (exact) mass is 294 g/mol. The standard InChI is InChI=1S/C14H15FN2O2S/c1-10(16-14-5-3-4-13(15)17-14)11-6-8-12(9-7-11)20(2,18)19/h3-10H,1-2H3,(H,16,17). The van der Waals surface area contributed by atoms with Gasteiger partial charge < -0.3 is 5.32 Å². The topological polar surface area (TPSA) is 59.1 Å². The summed E-state index contributed by atoms with van der Waals surface area (Å²) in [7, 11) is -3.19. The zero-order valence-electron chi connectivity index (χ0n) is 11.2. The molecule has 1 heterocycles. The molecule has 4 nitrogen and oxygen atoms in total. The number of halogens is 1. The summed E-state index contributed by atoms with van der Waals surface area (Å²) in [6.45, 7) is 1.89. The molecule has 20 heavy (non-hydrogen) atoms. The normalized spacial score (nSPS) is 12.9. The molecule has 0 aliphatic rings. The zero-order valence-corrected chi connectivity index (χ0v) is 12.0. The van der Waals surface area contributed by atoms with Gasteiger partial charge in [0.2, 0.25) is 5.95 Å². The summed E-state index contributed by atoms with van der Waals surface area (Å²) in [6.07, 6.45) is 1.17. The van der Waals surface area contributed by atoms with Crippen LogP contribution in [0.3, 0.4) is 0 Å². The number of hydrogen-bond donors (Lipinski definition) is 1. The smallest absolute Gasteiger partial charge is 0.214 e. The van der Waals surface area contributed by atoms with Crippen molar-refractivity contribution in [3.05, 3.63) is 54.0 Å². The summed E-state index contributed by atoms with van der Waals surface area (Å²) in [5.74, 6) is -0.112. The van der Waals surface area contributed by atoms with Gasteiger partial charge in [0.15, 0.2) is 9.84 Å². The summed E-state index contributed by atoms with van der Waals surface area (Å²) in [5.41, 5.74) is 0.892. The van der Waals surface area contributed by atoms with E-state index in [0.717, 1.165) is 5.56 Å². The Bertz CT molecular complexity index is 699. The van der Waals surface area contributed by atoms with Crippen LogP contribution in [0, 0.1) is 5.95 Å². The Kier molecular flexibility index (Phi) is 4.04. The number of hydrogen-bond acceptors (Lipinski definition) is 4. The summed E-state index contributed by atoms with van der Waals surface area (Å²) < 4.78 is 35.7. The van der Waals surface area contributed by atoms with E-state index in [9.17, 15) is 12.8 Å². The molecular formula is C14H15FN2O2S. The lowest BCUT2D eigenvalue weighted by atomic mass is 10.1. The Morgan fingerprint density at radius 3 is 2.35 bits per heavy atom. The molecule has 0 spiro atoms. The Labute approximate surface area is 117 Å². The van der Waals surface area contributed by atoms with Gasteiger partial charge in [-0.3, -0.25) is 0 Å². The third-order valence-electron chi connectivity index (χ3n) is 2.89. The molecule has 0 amide bonds. The molecule has 0 bridgehead atoms. The lowest BCUT2D eigenvalue weighted by Gasteiger charge is -2.15. The molecule has 0 radical (unpaired) electrons. The van der Waals surface area contributed by atoms with Gasteiger partial charge in [0.1, 0.15) is 5.82 Å². The first-order chi connectivity index (χ1) is 9.36. The Morgan fingerprint density at radius 2 is 1.80 bits per heavy atom. The van der Waals surface area contributed by atoms with Gasteiger partial charge in [-0.05, 0) is 36.8 Å². The second-order valence-corrected chi connectivity index (χ2v) is 6.57. The van der Waals surface area contributed by atoms with E-state index in [2.05, 4.69) is 10.3 Å². The fraction of sp³-hybridized carbons (Fsp3) is 0.214. The molecule has 0 aliphatic heterocycles. The number of nitrogens with one attached hydrogen (secondary N) is 1. The summed E-state index contributed by atoms with van der Waals surface area (Å²) in [5, 5.41) is 3.06.